The Morgan fingerprint density at radius 3 is 1.54 bits per heavy atom. The summed E-state index contributed by atoms with van der Waals surface area (Å²) in [6.07, 6.45) is 0.752. The Kier molecular flexibility index (Phi) is 5.80. The Labute approximate surface area is 141 Å². The maximum absolute atomic E-state index is 9.57. The number of aliphatic hydroxyl groups is 1. The highest BCUT2D eigenvalue weighted by atomic mass is 16.5. The number of rotatable bonds is 1. The molecule has 24 heavy (non-hydrogen) atoms. The highest BCUT2D eigenvalue weighted by molar-refractivity contribution is 5.40. The van der Waals surface area contributed by atoms with Crippen LogP contribution in [-0.2, 0) is 0 Å². The number of ether oxygens (including phenoxy) is 4. The molecule has 1 aliphatic rings. The molecule has 5 nitrogen and oxygen atoms in total. The van der Waals surface area contributed by atoms with Gasteiger partial charge in [0, 0.05) is 6.42 Å². The van der Waals surface area contributed by atoms with Crippen LogP contribution in [-0.4, -0.2) is 38.1 Å². The lowest BCUT2D eigenvalue weighted by molar-refractivity contribution is 0.109. The largest absolute Gasteiger partial charge is 0.490 e. The van der Waals surface area contributed by atoms with Gasteiger partial charge >= 0.3 is 0 Å². The predicted molar refractivity (Wildman–Crippen MR) is 90.1 cm³/mol. The molecule has 0 aromatic heterocycles. The van der Waals surface area contributed by atoms with Crippen LogP contribution in [0, 0.1) is 5.92 Å². The van der Waals surface area contributed by atoms with Gasteiger partial charge in [-0.05, 0) is 24.3 Å². The standard InChI is InChI=1S/C19H22O5/c20-12-15-13-23-18-8-3-1-6-16(18)21-10-5-11-22-17-7-2-4-9-19(17)24-14-15/h1-4,6-9,15,20H,5,10-14H2. The van der Waals surface area contributed by atoms with Crippen LogP contribution in [0.1, 0.15) is 6.42 Å². The van der Waals surface area contributed by atoms with E-state index in [0.29, 0.717) is 49.4 Å². The summed E-state index contributed by atoms with van der Waals surface area (Å²) in [7, 11) is 0. The Morgan fingerprint density at radius 1 is 0.708 bits per heavy atom. The van der Waals surface area contributed by atoms with Crippen molar-refractivity contribution < 1.29 is 24.1 Å². The zero-order chi connectivity index (χ0) is 16.6. The van der Waals surface area contributed by atoms with Gasteiger partial charge in [-0.15, -0.1) is 0 Å². The summed E-state index contributed by atoms with van der Waals surface area (Å²) < 4.78 is 23.2. The predicted octanol–water partition coefficient (Wildman–Crippen LogP) is 2.91. The zero-order valence-corrected chi connectivity index (χ0v) is 13.5. The van der Waals surface area contributed by atoms with Crippen molar-refractivity contribution in [2.45, 2.75) is 6.42 Å². The Balaban J connectivity index is 1.75. The number of hydrogen-bond donors (Lipinski definition) is 1. The minimum absolute atomic E-state index is 0.0218. The maximum Gasteiger partial charge on any atom is 0.161 e. The molecule has 0 bridgehead atoms. The summed E-state index contributed by atoms with van der Waals surface area (Å²) >= 11 is 0. The highest BCUT2D eigenvalue weighted by Crippen LogP contribution is 2.29. The molecule has 0 saturated carbocycles. The molecule has 1 aliphatic heterocycles. The molecule has 1 heterocycles. The van der Waals surface area contributed by atoms with E-state index in [1.165, 1.54) is 0 Å². The lowest BCUT2D eigenvalue weighted by atomic mass is 10.2. The molecule has 5 heteroatoms. The smallest absolute Gasteiger partial charge is 0.161 e. The van der Waals surface area contributed by atoms with Crippen molar-refractivity contribution in [1.82, 2.24) is 0 Å². The van der Waals surface area contributed by atoms with Crippen molar-refractivity contribution in [2.24, 2.45) is 5.92 Å². The average Bonchev–Trinajstić information content (AvgIpc) is 2.63. The van der Waals surface area contributed by atoms with E-state index >= 15 is 0 Å². The second-order valence-electron chi connectivity index (χ2n) is 5.61. The van der Waals surface area contributed by atoms with E-state index in [0.717, 1.165) is 6.42 Å². The van der Waals surface area contributed by atoms with E-state index < -0.39 is 0 Å². The Morgan fingerprint density at radius 2 is 1.12 bits per heavy atom. The van der Waals surface area contributed by atoms with Crippen molar-refractivity contribution >= 4 is 0 Å². The molecule has 0 saturated heterocycles. The van der Waals surface area contributed by atoms with Crippen LogP contribution in [0.2, 0.25) is 0 Å². The fraction of sp³-hybridized carbons (Fsp3) is 0.368. The number of para-hydroxylation sites is 4. The van der Waals surface area contributed by atoms with Crippen molar-refractivity contribution in [3.8, 4) is 23.0 Å². The topological polar surface area (TPSA) is 57.2 Å². The van der Waals surface area contributed by atoms with Crippen molar-refractivity contribution in [3.63, 3.8) is 0 Å². The van der Waals surface area contributed by atoms with Crippen LogP contribution in [0.3, 0.4) is 0 Å². The molecule has 128 valence electrons. The van der Waals surface area contributed by atoms with Crippen molar-refractivity contribution in [3.05, 3.63) is 48.5 Å². The first-order valence-corrected chi connectivity index (χ1v) is 8.17. The second-order valence-corrected chi connectivity index (χ2v) is 5.61. The van der Waals surface area contributed by atoms with E-state index in [2.05, 4.69) is 0 Å². The third-order valence-electron chi connectivity index (χ3n) is 3.71. The molecular weight excluding hydrogens is 308 g/mol. The molecule has 0 amide bonds. The maximum atomic E-state index is 9.57. The van der Waals surface area contributed by atoms with Crippen LogP contribution in [0.5, 0.6) is 23.0 Å². The molecule has 0 radical (unpaired) electrons. The number of fused-ring (bicyclic) bond motifs is 2. The van der Waals surface area contributed by atoms with E-state index in [1.54, 1.807) is 0 Å². The molecule has 0 atom stereocenters. The fourth-order valence-electron chi connectivity index (χ4n) is 2.37. The van der Waals surface area contributed by atoms with Gasteiger partial charge in [0.05, 0.1) is 39.0 Å². The van der Waals surface area contributed by atoms with Gasteiger partial charge in [0.25, 0.3) is 0 Å². The van der Waals surface area contributed by atoms with Crippen molar-refractivity contribution in [2.75, 3.05) is 33.0 Å². The molecular formula is C19H22O5. The van der Waals surface area contributed by atoms with Gasteiger partial charge in [-0.3, -0.25) is 0 Å². The summed E-state index contributed by atoms with van der Waals surface area (Å²) in [4.78, 5) is 0. The normalized spacial score (nSPS) is 16.2. The third-order valence-corrected chi connectivity index (χ3v) is 3.71. The first-order chi connectivity index (χ1) is 11.9. The quantitative estimate of drug-likeness (QED) is 0.871. The van der Waals surface area contributed by atoms with Gasteiger partial charge < -0.3 is 24.1 Å². The molecule has 0 unspecified atom stereocenters. The molecule has 3 rings (SSSR count). The summed E-state index contributed by atoms with van der Waals surface area (Å²) in [5.74, 6) is 2.61. The van der Waals surface area contributed by atoms with Gasteiger partial charge in [-0.1, -0.05) is 24.3 Å². The first-order valence-electron chi connectivity index (χ1n) is 8.17. The molecule has 1 N–H and O–H groups in total. The van der Waals surface area contributed by atoms with Crippen LogP contribution in [0.15, 0.2) is 48.5 Å². The second kappa shape index (κ2) is 8.45. The lowest BCUT2D eigenvalue weighted by Gasteiger charge is -2.20. The molecule has 0 spiro atoms. The van der Waals surface area contributed by atoms with Gasteiger partial charge in [-0.2, -0.15) is 0 Å². The van der Waals surface area contributed by atoms with E-state index in [-0.39, 0.29) is 12.5 Å². The molecule has 0 aliphatic carbocycles. The highest BCUT2D eigenvalue weighted by Gasteiger charge is 2.14. The zero-order valence-electron chi connectivity index (χ0n) is 13.5. The van der Waals surface area contributed by atoms with E-state index in [9.17, 15) is 5.11 Å². The molecule has 2 aromatic carbocycles. The average molecular weight is 330 g/mol. The fourth-order valence-corrected chi connectivity index (χ4v) is 2.37. The monoisotopic (exact) mass is 330 g/mol. The first kappa shape index (κ1) is 16.5. The minimum Gasteiger partial charge on any atom is -0.490 e. The summed E-state index contributed by atoms with van der Waals surface area (Å²) in [6, 6.07) is 15.1. The van der Waals surface area contributed by atoms with Crippen LogP contribution >= 0.6 is 0 Å². The Hall–Kier alpha value is -2.40. The molecule has 2 aromatic rings. The van der Waals surface area contributed by atoms with Gasteiger partial charge in [0.2, 0.25) is 0 Å². The molecule has 0 fully saturated rings. The summed E-state index contributed by atoms with van der Waals surface area (Å²) in [5.41, 5.74) is 0. The van der Waals surface area contributed by atoms with Crippen LogP contribution in [0.4, 0.5) is 0 Å². The van der Waals surface area contributed by atoms with Crippen LogP contribution in [0.25, 0.3) is 0 Å². The SMILES string of the molecule is OCC1COc2ccccc2OCCCOc2ccccc2OC1. The summed E-state index contributed by atoms with van der Waals surface area (Å²) in [5, 5.41) is 9.57. The van der Waals surface area contributed by atoms with Crippen LogP contribution < -0.4 is 18.9 Å². The number of aliphatic hydroxyl groups excluding tert-OH is 1. The summed E-state index contributed by atoms with van der Waals surface area (Å²) in [6.45, 7) is 1.74. The van der Waals surface area contributed by atoms with Gasteiger partial charge in [-0.25, -0.2) is 0 Å². The minimum atomic E-state index is -0.144. The van der Waals surface area contributed by atoms with E-state index in [1.807, 2.05) is 48.5 Å². The van der Waals surface area contributed by atoms with E-state index in [4.69, 9.17) is 18.9 Å². The third kappa shape index (κ3) is 4.32. The Bertz CT molecular complexity index is 590. The lowest BCUT2D eigenvalue weighted by Crippen LogP contribution is -2.23. The van der Waals surface area contributed by atoms with Gasteiger partial charge in [0.1, 0.15) is 0 Å². The number of benzene rings is 2. The van der Waals surface area contributed by atoms with Crippen molar-refractivity contribution in [1.29, 1.82) is 0 Å². The van der Waals surface area contributed by atoms with Gasteiger partial charge in [0.15, 0.2) is 23.0 Å². The number of hydrogen-bond acceptors (Lipinski definition) is 5.